The van der Waals surface area contributed by atoms with Gasteiger partial charge in [0.15, 0.2) is 18.3 Å². The molecule has 0 saturated heterocycles. The maximum Gasteiger partial charge on any atom is 0.422 e. The van der Waals surface area contributed by atoms with Crippen molar-refractivity contribution in [1.82, 2.24) is 0 Å². The number of nitrogens with one attached hydrogen (secondary N) is 2. The van der Waals surface area contributed by atoms with Crippen LogP contribution in [-0.4, -0.2) is 49.4 Å². The number of aryl methyl sites for hydroxylation is 1. The third kappa shape index (κ3) is 8.95. The van der Waals surface area contributed by atoms with E-state index in [9.17, 15) is 35.5 Å². The first-order chi connectivity index (χ1) is 19.2. The lowest BCUT2D eigenvalue weighted by Gasteiger charge is -2.18. The number of carbonyl (C=O) groups is 1. The van der Waals surface area contributed by atoms with Gasteiger partial charge in [0.05, 0.1) is 6.61 Å². The topological polar surface area (TPSA) is 68.8 Å². The molecule has 0 fully saturated rings. The minimum Gasteiger partial charge on any atom is -0.487 e. The van der Waals surface area contributed by atoms with Crippen LogP contribution in [0.2, 0.25) is 0 Å². The first-order valence-electron chi connectivity index (χ1n) is 11.8. The minimum absolute atomic E-state index is 0.0771. The molecule has 1 heterocycles. The van der Waals surface area contributed by atoms with Gasteiger partial charge in [0.2, 0.25) is 0 Å². The van der Waals surface area contributed by atoms with E-state index in [1.807, 2.05) is 18.2 Å². The summed E-state index contributed by atoms with van der Waals surface area (Å²) in [6, 6.07) is 12.0. The van der Waals surface area contributed by atoms with Gasteiger partial charge in [0.1, 0.15) is 22.1 Å². The average Bonchev–Trinajstić information content (AvgIpc) is 3.21. The summed E-state index contributed by atoms with van der Waals surface area (Å²) in [5, 5.41) is 5.66. The molecule has 0 aliphatic heterocycles. The van der Waals surface area contributed by atoms with Crippen LogP contribution in [0, 0.1) is 6.92 Å². The van der Waals surface area contributed by atoms with Crippen LogP contribution in [0.1, 0.15) is 22.2 Å². The van der Waals surface area contributed by atoms with Crippen molar-refractivity contribution in [2.24, 2.45) is 0 Å². The van der Waals surface area contributed by atoms with Crippen molar-refractivity contribution < 1.29 is 49.7 Å². The fourth-order valence-electron chi connectivity index (χ4n) is 3.47. The number of ether oxygens (including phenoxy) is 3. The van der Waals surface area contributed by atoms with E-state index < -0.39 is 49.2 Å². The van der Waals surface area contributed by atoms with Crippen molar-refractivity contribution in [2.45, 2.75) is 32.4 Å². The molecule has 0 aliphatic rings. The van der Waals surface area contributed by atoms with Crippen LogP contribution < -0.4 is 20.1 Å². The third-order valence-corrected chi connectivity index (χ3v) is 6.37. The molecule has 2 N–H and O–H groups in total. The molecule has 41 heavy (non-hydrogen) atoms. The van der Waals surface area contributed by atoms with Crippen molar-refractivity contribution in [3.8, 4) is 22.6 Å². The molecule has 1 aromatic heterocycles. The summed E-state index contributed by atoms with van der Waals surface area (Å²) in [6.07, 6.45) is -8.74. The van der Waals surface area contributed by atoms with Crippen LogP contribution in [0.3, 0.4) is 0 Å². The molecule has 0 radical (unpaired) electrons. The molecular formula is C26H23F7N2O4S2. The van der Waals surface area contributed by atoms with Crippen LogP contribution in [0.25, 0.3) is 11.1 Å². The Hall–Kier alpha value is -3.59. The Morgan fingerprint density at radius 3 is 2.15 bits per heavy atom. The Labute approximate surface area is 239 Å². The summed E-state index contributed by atoms with van der Waals surface area (Å²) in [5.41, 5.74) is 1.47. The van der Waals surface area contributed by atoms with E-state index in [0.29, 0.717) is 10.6 Å². The summed E-state index contributed by atoms with van der Waals surface area (Å²) in [7, 11) is 0. The zero-order valence-electron chi connectivity index (χ0n) is 21.4. The zero-order valence-corrected chi connectivity index (χ0v) is 23.0. The lowest BCUT2D eigenvalue weighted by molar-refractivity contribution is -0.153. The Bertz CT molecular complexity index is 1370. The highest BCUT2D eigenvalue weighted by Crippen LogP contribution is 2.40. The molecular weight excluding hydrogens is 601 g/mol. The van der Waals surface area contributed by atoms with Gasteiger partial charge in [-0.2, -0.15) is 22.0 Å². The number of anilines is 2. The van der Waals surface area contributed by atoms with E-state index in [1.165, 1.54) is 11.3 Å². The van der Waals surface area contributed by atoms with Gasteiger partial charge in [0, 0.05) is 34.3 Å². The second kappa shape index (κ2) is 13.4. The van der Waals surface area contributed by atoms with Gasteiger partial charge in [-0.05, 0) is 31.6 Å². The maximum atomic E-state index is 13.4. The van der Waals surface area contributed by atoms with Gasteiger partial charge in [-0.15, -0.1) is 11.3 Å². The van der Waals surface area contributed by atoms with E-state index in [2.05, 4.69) is 15.4 Å². The number of thiophene rings is 1. The molecule has 2 aromatic carbocycles. The number of benzene rings is 2. The van der Waals surface area contributed by atoms with Crippen molar-refractivity contribution in [1.29, 1.82) is 0 Å². The number of rotatable bonds is 11. The van der Waals surface area contributed by atoms with E-state index in [1.54, 1.807) is 26.0 Å². The molecule has 0 amide bonds. The second-order valence-corrected chi connectivity index (χ2v) is 9.98. The molecule has 0 saturated carbocycles. The van der Waals surface area contributed by atoms with Crippen molar-refractivity contribution in [3.05, 3.63) is 59.0 Å². The molecule has 0 bridgehead atoms. The monoisotopic (exact) mass is 624 g/mol. The summed E-state index contributed by atoms with van der Waals surface area (Å²) < 4.78 is 104. The molecule has 6 nitrogen and oxygen atoms in total. The molecule has 0 unspecified atom stereocenters. The normalized spacial score (nSPS) is 11.8. The number of esters is 1. The highest BCUT2D eigenvalue weighted by atomic mass is 32.1. The molecule has 15 heteroatoms. The molecule has 3 rings (SSSR count). The van der Waals surface area contributed by atoms with Crippen LogP contribution in [-0.2, 0) is 4.74 Å². The lowest BCUT2D eigenvalue weighted by Crippen LogP contribution is -2.33. The Kier molecular flexibility index (Phi) is 10.4. The minimum atomic E-state index is -4.72. The van der Waals surface area contributed by atoms with Gasteiger partial charge < -0.3 is 24.8 Å². The van der Waals surface area contributed by atoms with Crippen LogP contribution >= 0.6 is 23.6 Å². The van der Waals surface area contributed by atoms with Gasteiger partial charge in [-0.1, -0.05) is 30.3 Å². The Morgan fingerprint density at radius 1 is 0.976 bits per heavy atom. The van der Waals surface area contributed by atoms with Crippen molar-refractivity contribution in [2.75, 3.05) is 30.5 Å². The molecule has 3 aromatic rings. The summed E-state index contributed by atoms with van der Waals surface area (Å²) in [5.74, 6) is -6.08. The molecule has 0 spiro atoms. The molecule has 0 aliphatic carbocycles. The first kappa shape index (κ1) is 31.9. The molecule has 222 valence electrons. The number of hydrogen-bond acceptors (Lipinski definition) is 6. The van der Waals surface area contributed by atoms with E-state index >= 15 is 0 Å². The van der Waals surface area contributed by atoms with Crippen molar-refractivity contribution in [3.63, 3.8) is 0 Å². The zero-order chi connectivity index (χ0) is 30.4. The highest BCUT2D eigenvalue weighted by molar-refractivity contribution is 7.80. The van der Waals surface area contributed by atoms with E-state index in [-0.39, 0.29) is 23.0 Å². The lowest BCUT2D eigenvalue weighted by atomic mass is 10.0. The predicted octanol–water partition coefficient (Wildman–Crippen LogP) is 7.93. The van der Waals surface area contributed by atoms with Crippen LogP contribution in [0.15, 0.2) is 48.5 Å². The summed E-state index contributed by atoms with van der Waals surface area (Å²) >= 11 is 6.51. The van der Waals surface area contributed by atoms with Gasteiger partial charge in [-0.3, -0.25) is 0 Å². The summed E-state index contributed by atoms with van der Waals surface area (Å²) in [4.78, 5) is 13.6. The third-order valence-electron chi connectivity index (χ3n) is 5.14. The van der Waals surface area contributed by atoms with Crippen LogP contribution in [0.4, 0.5) is 41.4 Å². The fraction of sp³-hybridized carbons (Fsp3) is 0.308. The quantitative estimate of drug-likeness (QED) is 0.128. The molecule has 0 atom stereocenters. The van der Waals surface area contributed by atoms with Crippen molar-refractivity contribution >= 4 is 45.3 Å². The van der Waals surface area contributed by atoms with Crippen LogP contribution in [0.5, 0.6) is 11.5 Å². The van der Waals surface area contributed by atoms with Gasteiger partial charge in [-0.25, -0.2) is 13.6 Å². The number of carbonyl (C=O) groups excluding carboxylic acids is 1. The largest absolute Gasteiger partial charge is 0.487 e. The Balaban J connectivity index is 1.89. The predicted molar refractivity (Wildman–Crippen MR) is 145 cm³/mol. The first-order valence-corrected chi connectivity index (χ1v) is 13.0. The Morgan fingerprint density at radius 2 is 1.59 bits per heavy atom. The smallest absolute Gasteiger partial charge is 0.422 e. The fourth-order valence-corrected chi connectivity index (χ4v) is 4.82. The maximum absolute atomic E-state index is 13.4. The summed E-state index contributed by atoms with van der Waals surface area (Å²) in [6.45, 7) is 0.0731. The van der Waals surface area contributed by atoms with Gasteiger partial charge >= 0.3 is 24.5 Å². The highest BCUT2D eigenvalue weighted by Gasteiger charge is 2.41. The van der Waals surface area contributed by atoms with E-state index in [0.717, 1.165) is 28.6 Å². The standard InChI is InChI=1S/C26H23F7N2O4S2/c1-3-37-22(36)20-19(15-7-5-4-6-8-15)14(2)41-21(20)35-24(40)34-16-9-17(38-12-25(29,30)23(27)28)11-18(10-16)39-13-26(31,32)33/h4-11,23H,3,12-13H2,1-2H3,(H2,34,35,40). The van der Waals surface area contributed by atoms with E-state index in [4.69, 9.17) is 21.7 Å². The number of halogens is 7. The average molecular weight is 625 g/mol. The number of alkyl halides is 7. The number of hydrogen-bond donors (Lipinski definition) is 2. The number of thiocarbonyl (C=S) groups is 1. The second-order valence-electron chi connectivity index (χ2n) is 8.35. The van der Waals surface area contributed by atoms with Gasteiger partial charge in [0.25, 0.3) is 0 Å². The SMILES string of the molecule is CCOC(=O)c1c(NC(=S)Nc2cc(OCC(F)(F)F)cc(OCC(F)(F)C(F)F)c2)sc(C)c1-c1ccccc1.